The summed E-state index contributed by atoms with van der Waals surface area (Å²) in [7, 11) is 4.44. The minimum absolute atomic E-state index is 0.0833. The molecule has 0 saturated heterocycles. The molecule has 2 aliphatic carbocycles. The van der Waals surface area contributed by atoms with E-state index in [4.69, 9.17) is 0 Å². The van der Waals surface area contributed by atoms with Crippen LogP contribution in [0.4, 0.5) is 0 Å². The van der Waals surface area contributed by atoms with E-state index in [1.807, 2.05) is 0 Å². The normalized spacial score (nSPS) is 25.3. The van der Waals surface area contributed by atoms with Crippen LogP contribution in [-0.4, -0.2) is 38.3 Å². The van der Waals surface area contributed by atoms with Crippen molar-refractivity contribution < 1.29 is 8.76 Å². The van der Waals surface area contributed by atoms with Crippen LogP contribution in [0.2, 0.25) is 0 Å². The van der Waals surface area contributed by atoms with Gasteiger partial charge in [0, 0.05) is 38.9 Å². The average Bonchev–Trinajstić information content (AvgIpc) is 3.47. The molecule has 3 aromatic rings. The van der Waals surface area contributed by atoms with Crippen molar-refractivity contribution in [2.45, 2.75) is 81.2 Å². The van der Waals surface area contributed by atoms with Crippen molar-refractivity contribution in [2.75, 3.05) is 14.1 Å². The third-order valence-corrected chi connectivity index (χ3v) is 9.55. The van der Waals surface area contributed by atoms with Crippen LogP contribution in [0, 0.1) is 0 Å². The van der Waals surface area contributed by atoms with Gasteiger partial charge >= 0.3 is 0 Å². The first kappa shape index (κ1) is 24.7. The Bertz CT molecular complexity index is 1160. The number of aromatic amines is 1. The Labute approximate surface area is 212 Å². The van der Waals surface area contributed by atoms with Crippen LogP contribution < -0.4 is 4.72 Å². The van der Waals surface area contributed by atoms with E-state index in [9.17, 15) is 8.76 Å². The second-order valence-electron chi connectivity index (χ2n) is 11.0. The lowest BCUT2D eigenvalue weighted by Crippen LogP contribution is -2.44. The van der Waals surface area contributed by atoms with Crippen molar-refractivity contribution in [3.63, 3.8) is 0 Å². The van der Waals surface area contributed by atoms with Crippen molar-refractivity contribution >= 4 is 22.2 Å². The van der Waals surface area contributed by atoms with Crippen LogP contribution in [0.5, 0.6) is 0 Å². The third-order valence-electron chi connectivity index (χ3n) is 8.95. The zero-order valence-electron chi connectivity index (χ0n) is 21.0. The highest BCUT2D eigenvalue weighted by molar-refractivity contribution is 7.77. The Morgan fingerprint density at radius 2 is 1.66 bits per heavy atom. The summed E-state index contributed by atoms with van der Waals surface area (Å²) in [4.78, 5) is 6.22. The summed E-state index contributed by atoms with van der Waals surface area (Å²) in [5.74, 6) is 0.496. The van der Waals surface area contributed by atoms with E-state index in [1.165, 1.54) is 27.7 Å². The van der Waals surface area contributed by atoms with Gasteiger partial charge < -0.3 is 9.54 Å². The molecule has 0 spiro atoms. The van der Waals surface area contributed by atoms with E-state index in [0.717, 1.165) is 64.2 Å². The van der Waals surface area contributed by atoms with E-state index < -0.39 is 11.3 Å². The lowest BCUT2D eigenvalue weighted by Gasteiger charge is -2.45. The molecule has 0 amide bonds. The fourth-order valence-corrected chi connectivity index (χ4v) is 7.62. The molecule has 6 heteroatoms. The molecule has 5 nitrogen and oxygen atoms in total. The zero-order chi connectivity index (χ0) is 24.5. The molecule has 2 saturated carbocycles. The average molecular weight is 493 g/mol. The number of H-pyrrole nitrogens is 1. The van der Waals surface area contributed by atoms with Gasteiger partial charge in [0.05, 0.1) is 0 Å². The SMILES string of the molecule is CN(C)C1(c2ccccc2)CCC(c2[nH]c3ccccc3c2CCC2(NS(=O)[O-])CCCC2)CC1. The standard InChI is InChI=1S/C29H39N3O2S/c1-32(2)29(23-10-4-3-5-11-23)20-14-22(15-21-29)27-25(24-12-6-7-13-26(24)30-27)16-19-28(31-35(33)34)17-8-9-18-28/h3-7,10-13,22,30-31H,8-9,14-21H2,1-2H3,(H,33,34)/p-1. The van der Waals surface area contributed by atoms with Gasteiger partial charge in [-0.05, 0) is 88.6 Å². The van der Waals surface area contributed by atoms with Crippen LogP contribution in [-0.2, 0) is 23.2 Å². The Morgan fingerprint density at radius 1 is 1.00 bits per heavy atom. The summed E-state index contributed by atoms with van der Waals surface area (Å²) in [5, 5.41) is 1.30. The van der Waals surface area contributed by atoms with Crippen LogP contribution in [0.25, 0.3) is 10.9 Å². The molecule has 35 heavy (non-hydrogen) atoms. The van der Waals surface area contributed by atoms with Crippen LogP contribution in [0.3, 0.4) is 0 Å². The number of aryl methyl sites for hydroxylation is 1. The summed E-state index contributed by atoms with van der Waals surface area (Å²) < 4.78 is 26.0. The molecule has 2 N–H and O–H groups in total. The van der Waals surface area contributed by atoms with Gasteiger partial charge in [0.25, 0.3) is 0 Å². The van der Waals surface area contributed by atoms with Crippen molar-refractivity contribution in [3.05, 3.63) is 71.4 Å². The summed E-state index contributed by atoms with van der Waals surface area (Å²) in [6.07, 6.45) is 10.4. The number of hydrogen-bond donors (Lipinski definition) is 2. The van der Waals surface area contributed by atoms with Crippen molar-refractivity contribution in [1.29, 1.82) is 0 Å². The zero-order valence-corrected chi connectivity index (χ0v) is 21.8. The molecule has 2 fully saturated rings. The van der Waals surface area contributed by atoms with Gasteiger partial charge in [-0.1, -0.05) is 61.4 Å². The molecule has 1 heterocycles. The van der Waals surface area contributed by atoms with Crippen LogP contribution >= 0.6 is 0 Å². The predicted molar refractivity (Wildman–Crippen MR) is 143 cm³/mol. The number of benzene rings is 2. The molecule has 2 aliphatic rings. The summed E-state index contributed by atoms with van der Waals surface area (Å²) >= 11 is -2.22. The Kier molecular flexibility index (Phi) is 7.18. The second-order valence-corrected chi connectivity index (χ2v) is 11.6. The monoisotopic (exact) mass is 492 g/mol. The Balaban J connectivity index is 1.41. The van der Waals surface area contributed by atoms with Gasteiger partial charge in [-0.25, -0.2) is 4.72 Å². The van der Waals surface area contributed by atoms with E-state index >= 15 is 0 Å². The van der Waals surface area contributed by atoms with Gasteiger partial charge in [-0.15, -0.1) is 0 Å². The largest absolute Gasteiger partial charge is 0.760 e. The minimum Gasteiger partial charge on any atom is -0.760 e. The number of nitrogens with one attached hydrogen (secondary N) is 2. The molecule has 2 aromatic carbocycles. The smallest absolute Gasteiger partial charge is 0.0459 e. The van der Waals surface area contributed by atoms with Crippen molar-refractivity contribution in [2.24, 2.45) is 0 Å². The highest BCUT2D eigenvalue weighted by atomic mass is 32.2. The first-order chi connectivity index (χ1) is 16.9. The molecule has 5 rings (SSSR count). The first-order valence-electron chi connectivity index (χ1n) is 13.1. The van der Waals surface area contributed by atoms with E-state index in [-0.39, 0.29) is 11.1 Å². The summed E-state index contributed by atoms with van der Waals surface area (Å²) in [6.45, 7) is 0. The van der Waals surface area contributed by atoms with E-state index in [2.05, 4.69) is 83.3 Å². The van der Waals surface area contributed by atoms with E-state index in [1.54, 1.807) is 0 Å². The lowest BCUT2D eigenvalue weighted by molar-refractivity contribution is 0.0903. The highest BCUT2D eigenvalue weighted by Crippen LogP contribution is 2.47. The molecule has 1 atom stereocenters. The lowest BCUT2D eigenvalue weighted by atomic mass is 9.70. The molecule has 1 aromatic heterocycles. The Hall–Kier alpha value is -1.99. The number of hydrogen-bond acceptors (Lipinski definition) is 3. The maximum absolute atomic E-state index is 11.6. The van der Waals surface area contributed by atoms with Crippen LogP contribution in [0.1, 0.15) is 80.5 Å². The quantitative estimate of drug-likeness (QED) is 0.384. The van der Waals surface area contributed by atoms with E-state index in [0.29, 0.717) is 5.92 Å². The number of aromatic nitrogens is 1. The molecule has 0 radical (unpaired) electrons. The van der Waals surface area contributed by atoms with Gasteiger partial charge in [-0.3, -0.25) is 9.11 Å². The minimum atomic E-state index is -2.22. The molecule has 188 valence electrons. The predicted octanol–water partition coefficient (Wildman–Crippen LogP) is 5.91. The Morgan fingerprint density at radius 3 is 2.31 bits per heavy atom. The molecular weight excluding hydrogens is 454 g/mol. The maximum atomic E-state index is 11.6. The number of fused-ring (bicyclic) bond motifs is 1. The topological polar surface area (TPSA) is 71.2 Å². The molecule has 0 aliphatic heterocycles. The highest BCUT2D eigenvalue weighted by Gasteiger charge is 2.40. The summed E-state index contributed by atoms with van der Waals surface area (Å²) in [5.41, 5.74) is 5.18. The van der Waals surface area contributed by atoms with Gasteiger partial charge in [0.2, 0.25) is 0 Å². The maximum Gasteiger partial charge on any atom is 0.0459 e. The van der Waals surface area contributed by atoms with Crippen molar-refractivity contribution in [3.8, 4) is 0 Å². The molecule has 1 unspecified atom stereocenters. The fraction of sp³-hybridized carbons (Fsp3) is 0.517. The van der Waals surface area contributed by atoms with Crippen molar-refractivity contribution in [1.82, 2.24) is 14.6 Å². The summed E-state index contributed by atoms with van der Waals surface area (Å²) in [6, 6.07) is 19.6. The van der Waals surface area contributed by atoms with Gasteiger partial charge in [-0.2, -0.15) is 0 Å². The van der Waals surface area contributed by atoms with Gasteiger partial charge in [0.15, 0.2) is 0 Å². The molecular formula is C29H38N3O2S-. The number of rotatable bonds is 8. The number of nitrogens with zero attached hydrogens (tertiary/aromatic N) is 1. The van der Waals surface area contributed by atoms with Gasteiger partial charge in [0.1, 0.15) is 0 Å². The second kappa shape index (κ2) is 10.2. The fourth-order valence-electron chi connectivity index (χ4n) is 6.96. The number of para-hydroxylation sites is 1. The van der Waals surface area contributed by atoms with Crippen LogP contribution in [0.15, 0.2) is 54.6 Å². The first-order valence-corrected chi connectivity index (χ1v) is 14.2. The molecule has 0 bridgehead atoms. The third kappa shape index (κ3) is 4.86.